The molecule has 1 atom stereocenters. The molecule has 1 N–H and O–H groups in total. The minimum Gasteiger partial charge on any atom is -0.472 e. The van der Waals surface area contributed by atoms with Crippen LogP contribution in [-0.2, 0) is 0 Å². The summed E-state index contributed by atoms with van der Waals surface area (Å²) in [5, 5.41) is 2.93. The standard InChI is InChI=1S/C14H12FNO2S/c15-10-1-2-13-11(7-10)12(4-6-19-13)16-14(17)9-3-5-18-8-9/h1-3,5,7-8,12H,4,6H2,(H,16,17)/t12-/m0/s1. The molecule has 1 amide bonds. The third-order valence-electron chi connectivity index (χ3n) is 3.10. The van der Waals surface area contributed by atoms with Gasteiger partial charge in [0.05, 0.1) is 17.9 Å². The van der Waals surface area contributed by atoms with Crippen LogP contribution < -0.4 is 5.32 Å². The van der Waals surface area contributed by atoms with E-state index >= 15 is 0 Å². The lowest BCUT2D eigenvalue weighted by Gasteiger charge is -2.25. The molecule has 2 heterocycles. The molecule has 0 fully saturated rings. The van der Waals surface area contributed by atoms with Crippen molar-refractivity contribution in [2.75, 3.05) is 5.75 Å². The predicted molar refractivity (Wildman–Crippen MR) is 70.7 cm³/mol. The van der Waals surface area contributed by atoms with Crippen LogP contribution in [0, 0.1) is 5.82 Å². The Morgan fingerprint density at radius 2 is 2.32 bits per heavy atom. The van der Waals surface area contributed by atoms with E-state index in [9.17, 15) is 9.18 Å². The molecule has 5 heteroatoms. The Balaban J connectivity index is 1.84. The van der Waals surface area contributed by atoms with Gasteiger partial charge in [-0.1, -0.05) is 0 Å². The van der Waals surface area contributed by atoms with Gasteiger partial charge in [-0.25, -0.2) is 4.39 Å². The van der Waals surface area contributed by atoms with Crippen LogP contribution >= 0.6 is 11.8 Å². The molecule has 2 aromatic rings. The SMILES string of the molecule is O=C(N[C@H]1CCSc2ccc(F)cc21)c1ccoc1. The van der Waals surface area contributed by atoms with Crippen LogP contribution in [0.15, 0.2) is 46.1 Å². The maximum atomic E-state index is 13.3. The monoisotopic (exact) mass is 277 g/mol. The van der Waals surface area contributed by atoms with Crippen LogP contribution in [0.5, 0.6) is 0 Å². The molecule has 0 aliphatic carbocycles. The highest BCUT2D eigenvalue weighted by Crippen LogP contribution is 2.36. The quantitative estimate of drug-likeness (QED) is 0.915. The lowest BCUT2D eigenvalue weighted by molar-refractivity contribution is 0.0934. The maximum absolute atomic E-state index is 13.3. The average Bonchev–Trinajstić information content (AvgIpc) is 2.93. The van der Waals surface area contributed by atoms with Gasteiger partial charge in [-0.3, -0.25) is 4.79 Å². The summed E-state index contributed by atoms with van der Waals surface area (Å²) < 4.78 is 18.2. The van der Waals surface area contributed by atoms with Crippen molar-refractivity contribution < 1.29 is 13.6 Å². The van der Waals surface area contributed by atoms with E-state index in [1.54, 1.807) is 23.9 Å². The normalized spacial score (nSPS) is 17.8. The molecule has 1 aliphatic heterocycles. The number of carbonyl (C=O) groups excluding carboxylic acids is 1. The number of hydrogen-bond acceptors (Lipinski definition) is 3. The predicted octanol–water partition coefficient (Wildman–Crippen LogP) is 3.39. The molecule has 19 heavy (non-hydrogen) atoms. The van der Waals surface area contributed by atoms with Gasteiger partial charge in [0, 0.05) is 10.6 Å². The van der Waals surface area contributed by atoms with Gasteiger partial charge >= 0.3 is 0 Å². The van der Waals surface area contributed by atoms with E-state index in [4.69, 9.17) is 4.42 Å². The first-order chi connectivity index (χ1) is 9.24. The largest absolute Gasteiger partial charge is 0.472 e. The number of rotatable bonds is 2. The lowest BCUT2D eigenvalue weighted by Crippen LogP contribution is -2.30. The van der Waals surface area contributed by atoms with Crippen molar-refractivity contribution in [3.8, 4) is 0 Å². The van der Waals surface area contributed by atoms with Gasteiger partial charge < -0.3 is 9.73 Å². The van der Waals surface area contributed by atoms with Crippen LogP contribution in [0.1, 0.15) is 28.4 Å². The lowest BCUT2D eigenvalue weighted by atomic mass is 10.0. The minimum absolute atomic E-state index is 0.144. The first kappa shape index (κ1) is 12.3. The number of halogens is 1. The molecule has 3 nitrogen and oxygen atoms in total. The molecule has 0 radical (unpaired) electrons. The third-order valence-corrected chi connectivity index (χ3v) is 4.22. The van der Waals surface area contributed by atoms with E-state index in [-0.39, 0.29) is 17.8 Å². The van der Waals surface area contributed by atoms with Crippen molar-refractivity contribution in [2.45, 2.75) is 17.4 Å². The number of furan rings is 1. The van der Waals surface area contributed by atoms with Crippen LogP contribution in [0.4, 0.5) is 4.39 Å². The fraction of sp³-hybridized carbons (Fsp3) is 0.214. The topological polar surface area (TPSA) is 42.2 Å². The van der Waals surface area contributed by atoms with E-state index in [1.807, 2.05) is 0 Å². The summed E-state index contributed by atoms with van der Waals surface area (Å²) in [5.41, 5.74) is 1.34. The molecule has 0 spiro atoms. The van der Waals surface area contributed by atoms with Crippen LogP contribution in [0.2, 0.25) is 0 Å². The van der Waals surface area contributed by atoms with Crippen LogP contribution in [-0.4, -0.2) is 11.7 Å². The molecule has 0 saturated carbocycles. The van der Waals surface area contributed by atoms with Crippen LogP contribution in [0.25, 0.3) is 0 Å². The van der Waals surface area contributed by atoms with Crippen molar-refractivity contribution in [1.82, 2.24) is 5.32 Å². The zero-order chi connectivity index (χ0) is 13.2. The number of benzene rings is 1. The summed E-state index contributed by atoms with van der Waals surface area (Å²) in [6, 6.07) is 6.19. The van der Waals surface area contributed by atoms with Gasteiger partial charge in [-0.2, -0.15) is 0 Å². The second kappa shape index (κ2) is 5.09. The molecule has 1 aromatic carbocycles. The number of thioether (sulfide) groups is 1. The van der Waals surface area contributed by atoms with Gasteiger partial charge in [-0.15, -0.1) is 11.8 Å². The Hall–Kier alpha value is -1.75. The van der Waals surface area contributed by atoms with Gasteiger partial charge in [-0.05, 0) is 36.2 Å². The summed E-state index contributed by atoms with van der Waals surface area (Å²) in [4.78, 5) is 13.0. The molecular weight excluding hydrogens is 265 g/mol. The third kappa shape index (κ3) is 2.51. The van der Waals surface area contributed by atoms with Gasteiger partial charge in [0.15, 0.2) is 0 Å². The Bertz CT molecular complexity index is 597. The average molecular weight is 277 g/mol. The first-order valence-corrected chi connectivity index (χ1v) is 6.98. The van der Waals surface area contributed by atoms with Gasteiger partial charge in [0.2, 0.25) is 0 Å². The second-order valence-corrected chi connectivity index (χ2v) is 5.49. The van der Waals surface area contributed by atoms with E-state index in [1.165, 1.54) is 24.7 Å². The molecule has 0 bridgehead atoms. The zero-order valence-electron chi connectivity index (χ0n) is 10.1. The van der Waals surface area contributed by atoms with Crippen molar-refractivity contribution in [1.29, 1.82) is 0 Å². The van der Waals surface area contributed by atoms with E-state index in [0.29, 0.717) is 5.56 Å². The Labute approximate surface area is 114 Å². The molecule has 0 unspecified atom stereocenters. The van der Waals surface area contributed by atoms with Crippen molar-refractivity contribution in [2.24, 2.45) is 0 Å². The molecule has 1 aliphatic rings. The van der Waals surface area contributed by atoms with Crippen molar-refractivity contribution >= 4 is 17.7 Å². The number of amides is 1. The van der Waals surface area contributed by atoms with Gasteiger partial charge in [0.25, 0.3) is 5.91 Å². The molecule has 98 valence electrons. The highest BCUT2D eigenvalue weighted by atomic mass is 32.2. The van der Waals surface area contributed by atoms with E-state index in [2.05, 4.69) is 5.32 Å². The summed E-state index contributed by atoms with van der Waals surface area (Å²) >= 11 is 1.69. The highest BCUT2D eigenvalue weighted by molar-refractivity contribution is 7.99. The maximum Gasteiger partial charge on any atom is 0.255 e. The molecular formula is C14H12FNO2S. The summed E-state index contributed by atoms with van der Waals surface area (Å²) in [5.74, 6) is 0.444. The van der Waals surface area contributed by atoms with Crippen molar-refractivity contribution in [3.63, 3.8) is 0 Å². The number of carbonyl (C=O) groups is 1. The fourth-order valence-corrected chi connectivity index (χ4v) is 3.26. The van der Waals surface area contributed by atoms with E-state index in [0.717, 1.165) is 22.6 Å². The molecule has 3 rings (SSSR count). The Morgan fingerprint density at radius 3 is 3.11 bits per heavy atom. The molecule has 0 saturated heterocycles. The Kier molecular flexibility index (Phi) is 3.29. The number of fused-ring (bicyclic) bond motifs is 1. The fourth-order valence-electron chi connectivity index (χ4n) is 2.15. The second-order valence-electron chi connectivity index (χ2n) is 4.36. The molecule has 1 aromatic heterocycles. The van der Waals surface area contributed by atoms with Gasteiger partial charge in [0.1, 0.15) is 12.1 Å². The Morgan fingerprint density at radius 1 is 1.42 bits per heavy atom. The van der Waals surface area contributed by atoms with Crippen LogP contribution in [0.3, 0.4) is 0 Å². The minimum atomic E-state index is -0.274. The van der Waals surface area contributed by atoms with E-state index < -0.39 is 0 Å². The highest BCUT2D eigenvalue weighted by Gasteiger charge is 2.23. The summed E-state index contributed by atoms with van der Waals surface area (Å²) in [6.07, 6.45) is 3.66. The number of hydrogen-bond donors (Lipinski definition) is 1. The number of nitrogens with one attached hydrogen (secondary N) is 1. The smallest absolute Gasteiger partial charge is 0.255 e. The first-order valence-electron chi connectivity index (χ1n) is 5.99. The zero-order valence-corrected chi connectivity index (χ0v) is 10.9. The van der Waals surface area contributed by atoms with Crippen molar-refractivity contribution in [3.05, 3.63) is 53.7 Å². The summed E-state index contributed by atoms with van der Waals surface area (Å²) in [7, 11) is 0. The summed E-state index contributed by atoms with van der Waals surface area (Å²) in [6.45, 7) is 0.